The van der Waals surface area contributed by atoms with Crippen LogP contribution >= 0.6 is 0 Å². The average Bonchev–Trinajstić information content (AvgIpc) is 3.28. The molecule has 0 saturated heterocycles. The zero-order valence-electron chi connectivity index (χ0n) is 32.2. The smallest absolute Gasteiger partial charge is 0.0618 e. The van der Waals surface area contributed by atoms with E-state index in [-0.39, 0.29) is 0 Å². The Bertz CT molecular complexity index is 3250. The largest absolute Gasteiger partial charge is 0.309 e. The number of para-hydroxylation sites is 1. The van der Waals surface area contributed by atoms with E-state index in [1.807, 2.05) is 0 Å². The highest BCUT2D eigenvalue weighted by Gasteiger charge is 2.23. The average molecular weight is 738 g/mol. The van der Waals surface area contributed by atoms with Crippen LogP contribution in [0.3, 0.4) is 0 Å². The summed E-state index contributed by atoms with van der Waals surface area (Å²) in [6.07, 6.45) is 4.36. The first kappa shape index (κ1) is 33.8. The quantitative estimate of drug-likeness (QED) is 0.0894. The molecule has 0 fully saturated rings. The van der Waals surface area contributed by atoms with Gasteiger partial charge in [0, 0.05) is 22.1 Å². The van der Waals surface area contributed by atoms with Gasteiger partial charge >= 0.3 is 0 Å². The summed E-state index contributed by atoms with van der Waals surface area (Å²) in [5.74, 6) is 0. The molecule has 58 heavy (non-hydrogen) atoms. The minimum absolute atomic E-state index is 1.11. The Hall–Kier alpha value is -7.48. The highest BCUT2D eigenvalue weighted by molar-refractivity contribution is 6.26. The molecule has 0 amide bonds. The lowest BCUT2D eigenvalue weighted by molar-refractivity contribution is 1.31. The summed E-state index contributed by atoms with van der Waals surface area (Å²) in [5.41, 5.74) is 12.0. The van der Waals surface area contributed by atoms with Crippen molar-refractivity contribution >= 4 is 83.1 Å². The number of hydrogen-bond acceptors (Lipinski definition) is 1. The minimum atomic E-state index is 1.11. The molecule has 1 nitrogen and oxygen atoms in total. The molecule has 0 aromatic heterocycles. The highest BCUT2D eigenvalue weighted by atomic mass is 15.1. The third kappa shape index (κ3) is 5.71. The number of fused-ring (bicyclic) bond motifs is 2. The van der Waals surface area contributed by atoms with Crippen molar-refractivity contribution in [2.75, 3.05) is 4.90 Å². The molecule has 0 aliphatic heterocycles. The van der Waals surface area contributed by atoms with E-state index in [9.17, 15) is 0 Å². The van der Waals surface area contributed by atoms with E-state index in [1.54, 1.807) is 0 Å². The number of benzene rings is 11. The van der Waals surface area contributed by atoms with Crippen LogP contribution in [0.5, 0.6) is 0 Å². The van der Waals surface area contributed by atoms with Crippen molar-refractivity contribution in [3.63, 3.8) is 0 Å². The Labute approximate surface area is 338 Å². The van der Waals surface area contributed by atoms with Gasteiger partial charge in [-0.05, 0) is 119 Å². The van der Waals surface area contributed by atoms with E-state index in [1.165, 1.54) is 92.9 Å². The number of anilines is 3. The Kier molecular flexibility index (Phi) is 8.12. The first-order valence-corrected chi connectivity index (χ1v) is 20.1. The number of aryl methyl sites for hydroxylation is 1. The predicted molar refractivity (Wildman–Crippen MR) is 251 cm³/mol. The van der Waals surface area contributed by atoms with Crippen LogP contribution in [0.4, 0.5) is 17.1 Å². The van der Waals surface area contributed by atoms with Gasteiger partial charge in [0.25, 0.3) is 0 Å². The molecule has 0 heterocycles. The molecule has 272 valence electrons. The van der Waals surface area contributed by atoms with Crippen molar-refractivity contribution in [2.45, 2.75) is 6.92 Å². The van der Waals surface area contributed by atoms with Gasteiger partial charge < -0.3 is 4.90 Å². The molecule has 0 radical (unpaired) electrons. The molecule has 0 bridgehead atoms. The van der Waals surface area contributed by atoms with E-state index < -0.39 is 0 Å². The van der Waals surface area contributed by atoms with Gasteiger partial charge in [0.2, 0.25) is 0 Å². The van der Waals surface area contributed by atoms with E-state index in [0.29, 0.717) is 0 Å². The fraction of sp³-hybridized carbons (Fsp3) is 0.0175. The Morgan fingerprint density at radius 2 is 0.879 bits per heavy atom. The molecule has 1 heteroatoms. The molecule has 0 aliphatic rings. The van der Waals surface area contributed by atoms with Gasteiger partial charge in [-0.1, -0.05) is 188 Å². The zero-order chi connectivity index (χ0) is 38.6. The molecule has 0 atom stereocenters. The Morgan fingerprint density at radius 3 is 1.55 bits per heavy atom. The third-order valence-electron chi connectivity index (χ3n) is 11.8. The van der Waals surface area contributed by atoms with Crippen LogP contribution in [0.15, 0.2) is 206 Å². The predicted octanol–water partition coefficient (Wildman–Crippen LogP) is 16.2. The topological polar surface area (TPSA) is 3.24 Å². The van der Waals surface area contributed by atoms with Gasteiger partial charge in [-0.15, -0.1) is 0 Å². The molecule has 11 aromatic rings. The van der Waals surface area contributed by atoms with Crippen LogP contribution in [0.2, 0.25) is 0 Å². The van der Waals surface area contributed by atoms with Crippen LogP contribution in [-0.4, -0.2) is 0 Å². The van der Waals surface area contributed by atoms with Crippen LogP contribution in [0, 0.1) is 6.92 Å². The summed E-state index contributed by atoms with van der Waals surface area (Å²) in [6, 6.07) is 75.6. The summed E-state index contributed by atoms with van der Waals surface area (Å²) < 4.78 is 0. The van der Waals surface area contributed by atoms with Crippen LogP contribution < -0.4 is 4.90 Å². The van der Waals surface area contributed by atoms with Crippen LogP contribution in [0.25, 0.3) is 88.3 Å². The standard InChI is InChI=1S/C57H39N/c1-38-35-44(48-33-29-43-28-27-41-15-12-16-42-30-34-51(48)56(43)54(41)42)37-45(36-38)55-49-19-8-10-21-52(49)57(53-22-11-9-20-50(53)55)58(46-17-6-3-7-18-46)47-31-25-40(26-32-47)24-23-39-13-4-2-5-14-39/h2-37H,1H3. The number of rotatable bonds is 7. The van der Waals surface area contributed by atoms with Crippen molar-refractivity contribution in [3.05, 3.63) is 223 Å². The van der Waals surface area contributed by atoms with Gasteiger partial charge in [-0.2, -0.15) is 0 Å². The molecule has 0 N–H and O–H groups in total. The van der Waals surface area contributed by atoms with E-state index in [4.69, 9.17) is 0 Å². The normalized spacial score (nSPS) is 11.8. The second-order valence-corrected chi connectivity index (χ2v) is 15.4. The molecule has 0 unspecified atom stereocenters. The van der Waals surface area contributed by atoms with Gasteiger partial charge in [0.15, 0.2) is 0 Å². The second-order valence-electron chi connectivity index (χ2n) is 15.4. The molecule has 0 spiro atoms. The maximum absolute atomic E-state index is 2.44. The summed E-state index contributed by atoms with van der Waals surface area (Å²) in [4.78, 5) is 2.44. The number of nitrogens with zero attached hydrogens (tertiary/aromatic N) is 1. The lowest BCUT2D eigenvalue weighted by Gasteiger charge is -2.29. The van der Waals surface area contributed by atoms with Gasteiger partial charge in [-0.25, -0.2) is 0 Å². The van der Waals surface area contributed by atoms with Gasteiger partial charge in [0.1, 0.15) is 0 Å². The minimum Gasteiger partial charge on any atom is -0.309 e. The van der Waals surface area contributed by atoms with Crippen LogP contribution in [0.1, 0.15) is 16.7 Å². The molecule has 0 aliphatic carbocycles. The monoisotopic (exact) mass is 737 g/mol. The first-order chi connectivity index (χ1) is 28.7. The number of hydrogen-bond donors (Lipinski definition) is 0. The Morgan fingerprint density at radius 1 is 0.362 bits per heavy atom. The van der Waals surface area contributed by atoms with Gasteiger partial charge in [0.05, 0.1) is 5.69 Å². The fourth-order valence-electron chi connectivity index (χ4n) is 9.20. The first-order valence-electron chi connectivity index (χ1n) is 20.1. The van der Waals surface area contributed by atoms with Gasteiger partial charge in [-0.3, -0.25) is 0 Å². The van der Waals surface area contributed by atoms with E-state index >= 15 is 0 Å². The molecular weight excluding hydrogens is 699 g/mol. The summed E-state index contributed by atoms with van der Waals surface area (Å²) in [5, 5.41) is 12.7. The summed E-state index contributed by atoms with van der Waals surface area (Å²) >= 11 is 0. The van der Waals surface area contributed by atoms with Crippen molar-refractivity contribution in [3.8, 4) is 22.3 Å². The van der Waals surface area contributed by atoms with E-state index in [0.717, 1.165) is 16.9 Å². The molecular formula is C57H39N. The zero-order valence-corrected chi connectivity index (χ0v) is 32.2. The summed E-state index contributed by atoms with van der Waals surface area (Å²) in [6.45, 7) is 2.23. The summed E-state index contributed by atoms with van der Waals surface area (Å²) in [7, 11) is 0. The van der Waals surface area contributed by atoms with E-state index in [2.05, 4.69) is 230 Å². The molecule has 0 saturated carbocycles. The lowest BCUT2D eigenvalue weighted by atomic mass is 9.86. The fourth-order valence-corrected chi connectivity index (χ4v) is 9.20. The van der Waals surface area contributed by atoms with Crippen molar-refractivity contribution in [2.24, 2.45) is 0 Å². The van der Waals surface area contributed by atoms with Crippen molar-refractivity contribution in [1.29, 1.82) is 0 Å². The second kappa shape index (κ2) is 13.9. The maximum atomic E-state index is 2.44. The highest BCUT2D eigenvalue weighted by Crippen LogP contribution is 2.49. The third-order valence-corrected chi connectivity index (χ3v) is 11.8. The Balaban J connectivity index is 1.11. The van der Waals surface area contributed by atoms with Crippen LogP contribution in [-0.2, 0) is 0 Å². The van der Waals surface area contributed by atoms with Crippen molar-refractivity contribution in [1.82, 2.24) is 0 Å². The maximum Gasteiger partial charge on any atom is 0.0618 e. The SMILES string of the molecule is Cc1cc(-c2c3ccccc3c(N(c3ccccc3)c3ccc(C=Cc4ccccc4)cc3)c3ccccc23)cc(-c2ccc3ccc4cccc5ccc2c3c45)c1. The molecule has 11 aromatic carbocycles. The van der Waals surface area contributed by atoms with Crippen molar-refractivity contribution < 1.29 is 0 Å². The molecule has 11 rings (SSSR count). The lowest BCUT2D eigenvalue weighted by Crippen LogP contribution is -2.11.